The Morgan fingerprint density at radius 1 is 1.53 bits per heavy atom. The van der Waals surface area contributed by atoms with Gasteiger partial charge in [-0.15, -0.1) is 0 Å². The molecule has 0 radical (unpaired) electrons. The van der Waals surface area contributed by atoms with Gasteiger partial charge in [0.05, 0.1) is 13.2 Å². The van der Waals surface area contributed by atoms with E-state index in [9.17, 15) is 9.18 Å². The Labute approximate surface area is 112 Å². The highest BCUT2D eigenvalue weighted by Gasteiger charge is 2.25. The molecule has 0 bridgehead atoms. The molecule has 1 unspecified atom stereocenters. The second-order valence-electron chi connectivity index (χ2n) is 4.65. The Bertz CT molecular complexity index is 439. The lowest BCUT2D eigenvalue weighted by molar-refractivity contribution is -0.139. The number of carbonyl (C=O) groups is 1. The van der Waals surface area contributed by atoms with Crippen LogP contribution in [0.25, 0.3) is 0 Å². The fourth-order valence-corrected chi connectivity index (χ4v) is 2.20. The summed E-state index contributed by atoms with van der Waals surface area (Å²) in [7, 11) is 0. The van der Waals surface area contributed by atoms with Crippen LogP contribution in [0.3, 0.4) is 0 Å². The maximum absolute atomic E-state index is 13.2. The zero-order chi connectivity index (χ0) is 13.7. The summed E-state index contributed by atoms with van der Waals surface area (Å²) in [5, 5.41) is 0. The molecular formula is C14H19FN2O2. The molecule has 19 heavy (non-hydrogen) atoms. The van der Waals surface area contributed by atoms with Crippen LogP contribution in [0.1, 0.15) is 24.5 Å². The molecule has 1 aromatic carbocycles. The summed E-state index contributed by atoms with van der Waals surface area (Å²) in [6.45, 7) is 2.07. The molecule has 1 saturated heterocycles. The second-order valence-corrected chi connectivity index (χ2v) is 4.65. The number of carbonyl (C=O) groups excluding carboxylic acids is 1. The summed E-state index contributed by atoms with van der Waals surface area (Å²) in [6.07, 6.45) is 0.916. The van der Waals surface area contributed by atoms with Crippen LogP contribution in [-0.4, -0.2) is 37.0 Å². The molecule has 0 saturated carbocycles. The third-order valence-electron chi connectivity index (χ3n) is 3.23. The number of hydrogen-bond donors (Lipinski definition) is 1. The predicted molar refractivity (Wildman–Crippen MR) is 70.0 cm³/mol. The van der Waals surface area contributed by atoms with E-state index < -0.39 is 0 Å². The Kier molecular flexibility index (Phi) is 4.87. The average molecular weight is 266 g/mol. The van der Waals surface area contributed by atoms with Gasteiger partial charge in [0.25, 0.3) is 0 Å². The van der Waals surface area contributed by atoms with E-state index in [-0.39, 0.29) is 17.8 Å². The molecule has 4 nitrogen and oxygen atoms in total. The van der Waals surface area contributed by atoms with E-state index in [0.717, 1.165) is 5.56 Å². The predicted octanol–water partition coefficient (Wildman–Crippen LogP) is 1.46. The normalized spacial score (nSPS) is 19.5. The highest BCUT2D eigenvalue weighted by atomic mass is 19.1. The number of morpholine rings is 1. The number of hydrogen-bond acceptors (Lipinski definition) is 3. The minimum absolute atomic E-state index is 0.0927. The summed E-state index contributed by atoms with van der Waals surface area (Å²) in [4.78, 5) is 13.7. The fourth-order valence-electron chi connectivity index (χ4n) is 2.20. The molecule has 1 aromatic rings. The van der Waals surface area contributed by atoms with Crippen LogP contribution < -0.4 is 5.73 Å². The van der Waals surface area contributed by atoms with Crippen LogP contribution >= 0.6 is 0 Å². The lowest BCUT2D eigenvalue weighted by Gasteiger charge is -2.33. The van der Waals surface area contributed by atoms with Crippen molar-refractivity contribution in [2.75, 3.05) is 26.2 Å². The average Bonchev–Trinajstić information content (AvgIpc) is 2.45. The van der Waals surface area contributed by atoms with E-state index in [1.807, 2.05) is 6.07 Å². The summed E-state index contributed by atoms with van der Waals surface area (Å²) in [5.74, 6) is -0.192. The van der Waals surface area contributed by atoms with Crippen molar-refractivity contribution in [3.05, 3.63) is 35.6 Å². The molecule has 2 N–H and O–H groups in total. The molecule has 1 atom stereocenters. The molecule has 1 amide bonds. The van der Waals surface area contributed by atoms with Gasteiger partial charge in [0.1, 0.15) is 11.9 Å². The Balaban J connectivity index is 1.99. The molecule has 1 fully saturated rings. The van der Waals surface area contributed by atoms with Crippen molar-refractivity contribution in [3.63, 3.8) is 0 Å². The van der Waals surface area contributed by atoms with Gasteiger partial charge in [-0.1, -0.05) is 12.1 Å². The first-order chi connectivity index (χ1) is 9.20. The number of halogens is 1. The van der Waals surface area contributed by atoms with Crippen molar-refractivity contribution in [1.29, 1.82) is 0 Å². The fraction of sp³-hybridized carbons (Fsp3) is 0.500. The van der Waals surface area contributed by atoms with Gasteiger partial charge in [-0.2, -0.15) is 0 Å². The van der Waals surface area contributed by atoms with Gasteiger partial charge >= 0.3 is 0 Å². The monoisotopic (exact) mass is 266 g/mol. The minimum Gasteiger partial charge on any atom is -0.370 e. The van der Waals surface area contributed by atoms with Crippen LogP contribution in [0.5, 0.6) is 0 Å². The van der Waals surface area contributed by atoms with E-state index >= 15 is 0 Å². The summed E-state index contributed by atoms with van der Waals surface area (Å²) >= 11 is 0. The van der Waals surface area contributed by atoms with Gasteiger partial charge in [0, 0.05) is 13.0 Å². The molecule has 0 spiro atoms. The number of nitrogens with two attached hydrogens (primary N) is 1. The minimum atomic E-state index is -0.285. The van der Waals surface area contributed by atoms with Crippen LogP contribution in [0, 0.1) is 5.82 Å². The van der Waals surface area contributed by atoms with Crippen molar-refractivity contribution in [2.45, 2.75) is 18.9 Å². The third kappa shape index (κ3) is 3.75. The van der Waals surface area contributed by atoms with E-state index in [1.54, 1.807) is 11.0 Å². The van der Waals surface area contributed by atoms with E-state index in [1.165, 1.54) is 12.1 Å². The van der Waals surface area contributed by atoms with Crippen molar-refractivity contribution in [3.8, 4) is 0 Å². The zero-order valence-corrected chi connectivity index (χ0v) is 10.8. The number of ether oxygens (including phenoxy) is 1. The maximum Gasteiger partial charge on any atom is 0.222 e. The first-order valence-corrected chi connectivity index (χ1v) is 6.55. The van der Waals surface area contributed by atoms with E-state index in [2.05, 4.69) is 0 Å². The molecule has 0 aliphatic carbocycles. The topological polar surface area (TPSA) is 55.6 Å². The van der Waals surface area contributed by atoms with Crippen molar-refractivity contribution in [2.24, 2.45) is 5.73 Å². The van der Waals surface area contributed by atoms with Crippen LogP contribution in [0.4, 0.5) is 4.39 Å². The molecule has 2 rings (SSSR count). The molecule has 1 aliphatic rings. The van der Waals surface area contributed by atoms with Gasteiger partial charge in [-0.25, -0.2) is 4.39 Å². The van der Waals surface area contributed by atoms with E-state index in [4.69, 9.17) is 10.5 Å². The van der Waals surface area contributed by atoms with Gasteiger partial charge in [0.2, 0.25) is 5.91 Å². The van der Waals surface area contributed by atoms with E-state index in [0.29, 0.717) is 39.1 Å². The maximum atomic E-state index is 13.2. The third-order valence-corrected chi connectivity index (χ3v) is 3.23. The highest BCUT2D eigenvalue weighted by Crippen LogP contribution is 2.23. The quantitative estimate of drug-likeness (QED) is 0.897. The lowest BCUT2D eigenvalue weighted by atomic mass is 10.1. The molecule has 0 aromatic heterocycles. The number of rotatable bonds is 4. The smallest absolute Gasteiger partial charge is 0.222 e. The summed E-state index contributed by atoms with van der Waals surface area (Å²) in [6, 6.07) is 6.33. The van der Waals surface area contributed by atoms with Crippen LogP contribution in [0.15, 0.2) is 24.3 Å². The Morgan fingerprint density at radius 2 is 2.37 bits per heavy atom. The first-order valence-electron chi connectivity index (χ1n) is 6.55. The SMILES string of the molecule is NCCCC(=O)N1CCOC(c2cccc(F)c2)C1. The summed E-state index contributed by atoms with van der Waals surface area (Å²) < 4.78 is 18.8. The molecule has 1 heterocycles. The van der Waals surface area contributed by atoms with Gasteiger partial charge in [-0.05, 0) is 30.7 Å². The van der Waals surface area contributed by atoms with Crippen LogP contribution in [-0.2, 0) is 9.53 Å². The molecule has 104 valence electrons. The van der Waals surface area contributed by atoms with Gasteiger partial charge < -0.3 is 15.4 Å². The number of amides is 1. The molecular weight excluding hydrogens is 247 g/mol. The standard InChI is InChI=1S/C14H19FN2O2/c15-12-4-1-3-11(9-12)13-10-17(7-8-19-13)14(18)5-2-6-16/h1,3-4,9,13H,2,5-8,10,16H2. The molecule has 5 heteroatoms. The Morgan fingerprint density at radius 3 is 3.11 bits per heavy atom. The van der Waals surface area contributed by atoms with Crippen molar-refractivity contribution < 1.29 is 13.9 Å². The van der Waals surface area contributed by atoms with Crippen molar-refractivity contribution >= 4 is 5.91 Å². The first kappa shape index (κ1) is 14.0. The summed E-state index contributed by atoms with van der Waals surface area (Å²) in [5.41, 5.74) is 6.18. The van der Waals surface area contributed by atoms with Gasteiger partial charge in [-0.3, -0.25) is 4.79 Å². The van der Waals surface area contributed by atoms with Crippen molar-refractivity contribution in [1.82, 2.24) is 4.90 Å². The number of nitrogens with zero attached hydrogens (tertiary/aromatic N) is 1. The molecule has 1 aliphatic heterocycles. The zero-order valence-electron chi connectivity index (χ0n) is 10.8. The highest BCUT2D eigenvalue weighted by molar-refractivity contribution is 5.76. The van der Waals surface area contributed by atoms with Crippen LogP contribution in [0.2, 0.25) is 0 Å². The number of benzene rings is 1. The van der Waals surface area contributed by atoms with Gasteiger partial charge in [0.15, 0.2) is 0 Å². The lowest BCUT2D eigenvalue weighted by Crippen LogP contribution is -2.42. The largest absolute Gasteiger partial charge is 0.370 e. The second kappa shape index (κ2) is 6.63. The Hall–Kier alpha value is -1.46.